The highest BCUT2D eigenvalue weighted by atomic mass is 16.5. The topological polar surface area (TPSA) is 29.5 Å². The van der Waals surface area contributed by atoms with Crippen molar-refractivity contribution in [2.24, 2.45) is 17.3 Å². The van der Waals surface area contributed by atoms with Crippen molar-refractivity contribution >= 4 is 0 Å². The Bertz CT molecular complexity index is 295. The minimum absolute atomic E-state index is 0.0303. The van der Waals surface area contributed by atoms with Crippen molar-refractivity contribution in [3.8, 4) is 0 Å². The van der Waals surface area contributed by atoms with Crippen LogP contribution in [0.25, 0.3) is 0 Å². The smallest absolute Gasteiger partial charge is 0.0578 e. The van der Waals surface area contributed by atoms with E-state index in [2.05, 4.69) is 41.5 Å². The number of ether oxygens (including phenoxy) is 1. The fourth-order valence-electron chi connectivity index (χ4n) is 4.48. The first-order valence-electron chi connectivity index (χ1n) is 11.1. The largest absolute Gasteiger partial charge is 0.393 e. The van der Waals surface area contributed by atoms with E-state index in [0.29, 0.717) is 17.6 Å². The van der Waals surface area contributed by atoms with Crippen molar-refractivity contribution in [1.29, 1.82) is 0 Å². The highest BCUT2D eigenvalue weighted by Gasteiger charge is 2.40. The molecular formula is C23H48O2. The Labute approximate surface area is 159 Å². The first-order valence-corrected chi connectivity index (χ1v) is 11.1. The van der Waals surface area contributed by atoms with Gasteiger partial charge in [0, 0.05) is 0 Å². The number of aliphatic hydroxyl groups is 1. The third kappa shape index (κ3) is 8.91. The van der Waals surface area contributed by atoms with Gasteiger partial charge in [0.2, 0.25) is 0 Å². The Kier molecular flexibility index (Phi) is 13.1. The van der Waals surface area contributed by atoms with E-state index >= 15 is 0 Å². The van der Waals surface area contributed by atoms with E-state index in [1.807, 2.05) is 13.8 Å². The maximum absolute atomic E-state index is 9.71. The summed E-state index contributed by atoms with van der Waals surface area (Å²) >= 11 is 0. The molecule has 152 valence electrons. The zero-order valence-electron chi connectivity index (χ0n) is 18.6. The van der Waals surface area contributed by atoms with Crippen LogP contribution in [0.5, 0.6) is 0 Å². The second kappa shape index (κ2) is 13.1. The molecule has 0 saturated heterocycles. The molecule has 0 heterocycles. The molecule has 2 aliphatic carbocycles. The molecule has 2 rings (SSSR count). The standard InChI is InChI=1S/C18H34O2.C3H8.C2H6/c1-13(2)20-17-11-7-15(8-12-17)18(3,4)14-5-9-16(19)10-6-14;1-3-2;1-2/h13-17,19H,5-12H2,1-4H3;3H2,1-2H3;1-2H3. The highest BCUT2D eigenvalue weighted by Crippen LogP contribution is 2.48. The van der Waals surface area contributed by atoms with E-state index in [1.165, 1.54) is 44.9 Å². The fraction of sp³-hybridized carbons (Fsp3) is 1.00. The second-order valence-electron chi connectivity index (χ2n) is 8.69. The summed E-state index contributed by atoms with van der Waals surface area (Å²) in [6.45, 7) is 17.5. The molecule has 0 spiro atoms. The van der Waals surface area contributed by atoms with Gasteiger partial charge in [-0.1, -0.05) is 48.0 Å². The van der Waals surface area contributed by atoms with Gasteiger partial charge in [0.25, 0.3) is 0 Å². The van der Waals surface area contributed by atoms with Crippen LogP contribution in [0.4, 0.5) is 0 Å². The van der Waals surface area contributed by atoms with Gasteiger partial charge in [-0.15, -0.1) is 0 Å². The Morgan fingerprint density at radius 3 is 1.56 bits per heavy atom. The summed E-state index contributed by atoms with van der Waals surface area (Å²) in [7, 11) is 0. The Morgan fingerprint density at radius 1 is 0.840 bits per heavy atom. The van der Waals surface area contributed by atoms with Gasteiger partial charge in [0.15, 0.2) is 0 Å². The lowest BCUT2D eigenvalue weighted by Crippen LogP contribution is -2.39. The molecule has 0 amide bonds. The molecule has 2 fully saturated rings. The van der Waals surface area contributed by atoms with Crippen LogP contribution in [0, 0.1) is 17.3 Å². The summed E-state index contributed by atoms with van der Waals surface area (Å²) in [6.07, 6.45) is 11.7. The first-order chi connectivity index (χ1) is 11.8. The third-order valence-corrected chi connectivity index (χ3v) is 5.94. The molecule has 0 aliphatic heterocycles. The molecule has 2 nitrogen and oxygen atoms in total. The van der Waals surface area contributed by atoms with E-state index in [-0.39, 0.29) is 6.10 Å². The average molecular weight is 357 g/mol. The van der Waals surface area contributed by atoms with Gasteiger partial charge in [0.05, 0.1) is 18.3 Å². The molecule has 0 aromatic heterocycles. The van der Waals surface area contributed by atoms with Crippen molar-refractivity contribution in [3.05, 3.63) is 0 Å². The van der Waals surface area contributed by atoms with Crippen LogP contribution >= 0.6 is 0 Å². The van der Waals surface area contributed by atoms with E-state index < -0.39 is 0 Å². The molecule has 0 atom stereocenters. The lowest BCUT2D eigenvalue weighted by atomic mass is 9.60. The minimum Gasteiger partial charge on any atom is -0.393 e. The van der Waals surface area contributed by atoms with Crippen LogP contribution < -0.4 is 0 Å². The van der Waals surface area contributed by atoms with Crippen LogP contribution in [0.15, 0.2) is 0 Å². The molecule has 25 heavy (non-hydrogen) atoms. The maximum Gasteiger partial charge on any atom is 0.0578 e. The van der Waals surface area contributed by atoms with Crippen LogP contribution in [0.3, 0.4) is 0 Å². The Balaban J connectivity index is 0.00000104. The SMILES string of the molecule is CC.CC(C)OC1CCC(C(C)(C)C2CCC(O)CC2)CC1.CCC. The quantitative estimate of drug-likeness (QED) is 0.588. The predicted molar refractivity (Wildman–Crippen MR) is 111 cm³/mol. The van der Waals surface area contributed by atoms with E-state index in [9.17, 15) is 5.11 Å². The summed E-state index contributed by atoms with van der Waals surface area (Å²) in [6, 6.07) is 0. The maximum atomic E-state index is 9.71. The van der Waals surface area contributed by atoms with Gasteiger partial charge < -0.3 is 9.84 Å². The molecule has 2 aliphatic rings. The number of rotatable bonds is 4. The van der Waals surface area contributed by atoms with E-state index in [1.54, 1.807) is 0 Å². The fourth-order valence-corrected chi connectivity index (χ4v) is 4.48. The molecular weight excluding hydrogens is 308 g/mol. The molecule has 0 bridgehead atoms. The van der Waals surface area contributed by atoms with Gasteiger partial charge in [-0.05, 0) is 82.5 Å². The Morgan fingerprint density at radius 2 is 1.20 bits per heavy atom. The van der Waals surface area contributed by atoms with Crippen molar-refractivity contribution in [2.75, 3.05) is 0 Å². The Hall–Kier alpha value is -0.0800. The third-order valence-electron chi connectivity index (χ3n) is 5.94. The molecule has 2 saturated carbocycles. The van der Waals surface area contributed by atoms with Crippen LogP contribution in [-0.2, 0) is 4.74 Å². The van der Waals surface area contributed by atoms with Crippen molar-refractivity contribution in [2.45, 2.75) is 131 Å². The van der Waals surface area contributed by atoms with Crippen LogP contribution in [0.2, 0.25) is 0 Å². The van der Waals surface area contributed by atoms with E-state index in [4.69, 9.17) is 4.74 Å². The zero-order valence-corrected chi connectivity index (χ0v) is 18.6. The van der Waals surface area contributed by atoms with Gasteiger partial charge in [-0.2, -0.15) is 0 Å². The summed E-state index contributed by atoms with van der Waals surface area (Å²) in [5, 5.41) is 9.71. The van der Waals surface area contributed by atoms with Gasteiger partial charge in [0.1, 0.15) is 0 Å². The number of hydrogen-bond donors (Lipinski definition) is 1. The van der Waals surface area contributed by atoms with Crippen molar-refractivity contribution in [3.63, 3.8) is 0 Å². The minimum atomic E-state index is -0.0303. The van der Waals surface area contributed by atoms with Gasteiger partial charge in [-0.25, -0.2) is 0 Å². The second-order valence-corrected chi connectivity index (χ2v) is 8.69. The predicted octanol–water partition coefficient (Wildman–Crippen LogP) is 6.99. The van der Waals surface area contributed by atoms with Gasteiger partial charge >= 0.3 is 0 Å². The van der Waals surface area contributed by atoms with Gasteiger partial charge in [-0.3, -0.25) is 0 Å². The highest BCUT2D eigenvalue weighted by molar-refractivity contribution is 4.90. The molecule has 0 aromatic rings. The zero-order chi connectivity index (χ0) is 19.5. The average Bonchev–Trinajstić information content (AvgIpc) is 2.58. The molecule has 1 N–H and O–H groups in total. The molecule has 0 radical (unpaired) electrons. The summed E-state index contributed by atoms with van der Waals surface area (Å²) in [5.41, 5.74) is 0.433. The molecule has 2 heteroatoms. The molecule has 0 aromatic carbocycles. The number of aliphatic hydroxyl groups excluding tert-OH is 1. The monoisotopic (exact) mass is 356 g/mol. The lowest BCUT2D eigenvalue weighted by molar-refractivity contribution is -0.0445. The summed E-state index contributed by atoms with van der Waals surface area (Å²) in [5.74, 6) is 1.65. The summed E-state index contributed by atoms with van der Waals surface area (Å²) < 4.78 is 5.98. The normalized spacial score (nSPS) is 30.0. The van der Waals surface area contributed by atoms with Crippen LogP contribution in [0.1, 0.15) is 113 Å². The van der Waals surface area contributed by atoms with E-state index in [0.717, 1.165) is 24.7 Å². The number of hydrogen-bond acceptors (Lipinski definition) is 2. The van der Waals surface area contributed by atoms with Crippen molar-refractivity contribution in [1.82, 2.24) is 0 Å². The lowest BCUT2D eigenvalue weighted by Gasteiger charge is -2.46. The summed E-state index contributed by atoms with van der Waals surface area (Å²) in [4.78, 5) is 0. The molecule has 0 unspecified atom stereocenters. The van der Waals surface area contributed by atoms with Crippen LogP contribution in [-0.4, -0.2) is 23.4 Å². The van der Waals surface area contributed by atoms with Crippen molar-refractivity contribution < 1.29 is 9.84 Å². The first kappa shape index (κ1) is 24.9.